The third-order valence-corrected chi connectivity index (χ3v) is 2.79. The van der Waals surface area contributed by atoms with Gasteiger partial charge in [0.15, 0.2) is 5.58 Å². The number of benzene rings is 1. The van der Waals surface area contributed by atoms with Crippen molar-refractivity contribution in [2.75, 3.05) is 12.0 Å². The summed E-state index contributed by atoms with van der Waals surface area (Å²) in [7, 11) is 0. The molecule has 2 N–H and O–H groups in total. The van der Waals surface area contributed by atoms with Crippen LogP contribution >= 0.6 is 27.7 Å². The van der Waals surface area contributed by atoms with Crippen molar-refractivity contribution in [3.63, 3.8) is 0 Å². The lowest BCUT2D eigenvalue weighted by Gasteiger charge is -1.93. The number of halogens is 1. The fourth-order valence-corrected chi connectivity index (χ4v) is 2.09. The standard InChI is InChI=1S/C9H9BrN2OS/c1-14-4-8-12-7-3-5(10)2-6(11)9(7)13-8/h2-3H,4,11H2,1H3. The van der Waals surface area contributed by atoms with Crippen molar-refractivity contribution in [3.05, 3.63) is 22.5 Å². The number of hydrogen-bond donors (Lipinski definition) is 1. The molecule has 0 radical (unpaired) electrons. The Labute approximate surface area is 94.2 Å². The monoisotopic (exact) mass is 272 g/mol. The van der Waals surface area contributed by atoms with Crippen LogP contribution in [0, 0.1) is 0 Å². The van der Waals surface area contributed by atoms with Crippen molar-refractivity contribution in [1.29, 1.82) is 0 Å². The van der Waals surface area contributed by atoms with Gasteiger partial charge >= 0.3 is 0 Å². The summed E-state index contributed by atoms with van der Waals surface area (Å²) >= 11 is 5.04. The van der Waals surface area contributed by atoms with E-state index in [1.54, 1.807) is 11.8 Å². The molecule has 0 amide bonds. The van der Waals surface area contributed by atoms with E-state index in [1.165, 1.54) is 0 Å². The number of rotatable bonds is 2. The number of oxazole rings is 1. The van der Waals surface area contributed by atoms with Crippen LogP contribution in [0.4, 0.5) is 5.69 Å². The predicted octanol–water partition coefficient (Wildman–Crippen LogP) is 3.04. The molecular weight excluding hydrogens is 264 g/mol. The first-order valence-electron chi connectivity index (χ1n) is 4.04. The SMILES string of the molecule is CSCc1nc2cc(Br)cc(N)c2o1. The summed E-state index contributed by atoms with van der Waals surface area (Å²) in [4.78, 5) is 4.33. The minimum atomic E-state index is 0.620. The molecule has 3 nitrogen and oxygen atoms in total. The van der Waals surface area contributed by atoms with Gasteiger partial charge in [-0.05, 0) is 18.4 Å². The lowest BCUT2D eigenvalue weighted by molar-refractivity contribution is 0.557. The molecule has 1 aromatic heterocycles. The molecule has 0 atom stereocenters. The van der Waals surface area contributed by atoms with Gasteiger partial charge in [-0.2, -0.15) is 11.8 Å². The topological polar surface area (TPSA) is 52.0 Å². The highest BCUT2D eigenvalue weighted by Crippen LogP contribution is 2.27. The molecule has 0 aliphatic heterocycles. The van der Waals surface area contributed by atoms with Crippen molar-refractivity contribution in [2.24, 2.45) is 0 Å². The number of anilines is 1. The maximum Gasteiger partial charge on any atom is 0.205 e. The van der Waals surface area contributed by atoms with Crippen LogP contribution in [0.15, 0.2) is 21.0 Å². The molecule has 0 bridgehead atoms. The first kappa shape index (κ1) is 9.86. The number of nitrogen functional groups attached to an aromatic ring is 1. The highest BCUT2D eigenvalue weighted by molar-refractivity contribution is 9.10. The summed E-state index contributed by atoms with van der Waals surface area (Å²) in [6.45, 7) is 0. The zero-order chi connectivity index (χ0) is 10.1. The number of fused-ring (bicyclic) bond motifs is 1. The Kier molecular flexibility index (Phi) is 2.69. The Morgan fingerprint density at radius 2 is 2.36 bits per heavy atom. The van der Waals surface area contributed by atoms with Crippen LogP contribution < -0.4 is 5.73 Å². The lowest BCUT2D eigenvalue weighted by atomic mass is 10.3. The predicted molar refractivity (Wildman–Crippen MR) is 63.3 cm³/mol. The second kappa shape index (κ2) is 3.82. The maximum absolute atomic E-state index is 5.80. The van der Waals surface area contributed by atoms with Crippen LogP contribution in [-0.2, 0) is 5.75 Å². The molecule has 0 aliphatic rings. The van der Waals surface area contributed by atoms with Crippen LogP contribution in [-0.4, -0.2) is 11.2 Å². The van der Waals surface area contributed by atoms with Gasteiger partial charge < -0.3 is 10.2 Å². The van der Waals surface area contributed by atoms with Crippen molar-refractivity contribution >= 4 is 44.5 Å². The van der Waals surface area contributed by atoms with Crippen LogP contribution in [0.2, 0.25) is 0 Å². The first-order valence-corrected chi connectivity index (χ1v) is 6.23. The van der Waals surface area contributed by atoms with Crippen LogP contribution in [0.25, 0.3) is 11.1 Å². The Morgan fingerprint density at radius 1 is 1.57 bits per heavy atom. The van der Waals surface area contributed by atoms with Gasteiger partial charge in [0, 0.05) is 4.47 Å². The van der Waals surface area contributed by atoms with E-state index >= 15 is 0 Å². The maximum atomic E-state index is 5.80. The van der Waals surface area contributed by atoms with E-state index in [1.807, 2.05) is 18.4 Å². The smallest absolute Gasteiger partial charge is 0.205 e. The quantitative estimate of drug-likeness (QED) is 0.854. The normalized spacial score (nSPS) is 11.0. The molecule has 0 spiro atoms. The van der Waals surface area contributed by atoms with Gasteiger partial charge in [0.05, 0.1) is 11.4 Å². The fourth-order valence-electron chi connectivity index (χ4n) is 1.25. The molecule has 2 rings (SSSR count). The van der Waals surface area contributed by atoms with Crippen molar-refractivity contribution in [2.45, 2.75) is 5.75 Å². The highest BCUT2D eigenvalue weighted by atomic mass is 79.9. The summed E-state index contributed by atoms with van der Waals surface area (Å²) in [5.74, 6) is 1.49. The molecule has 0 saturated heterocycles. The van der Waals surface area contributed by atoms with E-state index in [9.17, 15) is 0 Å². The number of thioether (sulfide) groups is 1. The summed E-state index contributed by atoms with van der Waals surface area (Å²) in [6.07, 6.45) is 2.01. The van der Waals surface area contributed by atoms with Crippen LogP contribution in [0.5, 0.6) is 0 Å². The van der Waals surface area contributed by atoms with E-state index in [0.29, 0.717) is 11.3 Å². The molecule has 0 saturated carbocycles. The number of nitrogens with two attached hydrogens (primary N) is 1. The number of nitrogens with zero attached hydrogens (tertiary/aromatic N) is 1. The summed E-state index contributed by atoms with van der Waals surface area (Å²) in [6, 6.07) is 3.72. The summed E-state index contributed by atoms with van der Waals surface area (Å²) < 4.78 is 6.44. The van der Waals surface area contributed by atoms with Crippen LogP contribution in [0.1, 0.15) is 5.89 Å². The van der Waals surface area contributed by atoms with E-state index < -0.39 is 0 Å². The van der Waals surface area contributed by atoms with Gasteiger partial charge in [-0.1, -0.05) is 15.9 Å². The molecule has 74 valence electrons. The summed E-state index contributed by atoms with van der Waals surface area (Å²) in [5, 5.41) is 0. The van der Waals surface area contributed by atoms with Gasteiger partial charge in [0.1, 0.15) is 5.52 Å². The number of aromatic nitrogens is 1. The molecule has 0 fully saturated rings. The molecule has 2 aromatic rings. The fraction of sp³-hybridized carbons (Fsp3) is 0.222. The summed E-state index contributed by atoms with van der Waals surface area (Å²) in [5.41, 5.74) is 7.90. The van der Waals surface area contributed by atoms with E-state index in [0.717, 1.165) is 21.6 Å². The second-order valence-electron chi connectivity index (χ2n) is 2.88. The van der Waals surface area contributed by atoms with E-state index in [-0.39, 0.29) is 0 Å². The van der Waals surface area contributed by atoms with Gasteiger partial charge in [-0.25, -0.2) is 4.98 Å². The Hall–Kier alpha value is -0.680. The van der Waals surface area contributed by atoms with E-state index in [2.05, 4.69) is 20.9 Å². The van der Waals surface area contributed by atoms with Crippen molar-refractivity contribution < 1.29 is 4.42 Å². The minimum Gasteiger partial charge on any atom is -0.438 e. The van der Waals surface area contributed by atoms with Gasteiger partial charge in [0.2, 0.25) is 5.89 Å². The van der Waals surface area contributed by atoms with Gasteiger partial charge in [-0.3, -0.25) is 0 Å². The third kappa shape index (κ3) is 1.74. The molecule has 1 heterocycles. The first-order chi connectivity index (χ1) is 6.70. The Bertz CT molecular complexity index is 469. The molecule has 14 heavy (non-hydrogen) atoms. The third-order valence-electron chi connectivity index (χ3n) is 1.80. The van der Waals surface area contributed by atoms with Gasteiger partial charge in [0.25, 0.3) is 0 Å². The lowest BCUT2D eigenvalue weighted by Crippen LogP contribution is -1.84. The molecule has 5 heteroatoms. The zero-order valence-electron chi connectivity index (χ0n) is 7.58. The molecule has 0 unspecified atom stereocenters. The molecular formula is C9H9BrN2OS. The Morgan fingerprint density at radius 3 is 3.07 bits per heavy atom. The zero-order valence-corrected chi connectivity index (χ0v) is 9.98. The largest absolute Gasteiger partial charge is 0.438 e. The van der Waals surface area contributed by atoms with Gasteiger partial charge in [-0.15, -0.1) is 0 Å². The minimum absolute atomic E-state index is 0.620. The second-order valence-corrected chi connectivity index (χ2v) is 4.67. The molecule has 0 aliphatic carbocycles. The van der Waals surface area contributed by atoms with Crippen molar-refractivity contribution in [1.82, 2.24) is 4.98 Å². The number of hydrogen-bond acceptors (Lipinski definition) is 4. The van der Waals surface area contributed by atoms with E-state index in [4.69, 9.17) is 10.2 Å². The highest BCUT2D eigenvalue weighted by Gasteiger charge is 2.08. The average Bonchev–Trinajstić information content (AvgIpc) is 2.48. The molecule has 1 aromatic carbocycles. The Balaban J connectivity index is 2.58. The van der Waals surface area contributed by atoms with Crippen LogP contribution in [0.3, 0.4) is 0 Å². The average molecular weight is 273 g/mol. The van der Waals surface area contributed by atoms with Crippen molar-refractivity contribution in [3.8, 4) is 0 Å².